The molecule has 0 fully saturated rings. The van der Waals surface area contributed by atoms with Gasteiger partial charge < -0.3 is 15.8 Å². The molecule has 0 aliphatic heterocycles. The van der Waals surface area contributed by atoms with Crippen LogP contribution in [0.2, 0.25) is 0 Å². The maximum atomic E-state index is 12.8. The lowest BCUT2D eigenvalue weighted by Gasteiger charge is -2.10. The molecule has 0 bridgehead atoms. The third kappa shape index (κ3) is 5.14. The molecule has 1 aromatic carbocycles. The molecule has 2 rings (SSSR count). The number of nitrogens with zero attached hydrogens (tertiary/aromatic N) is 1. The number of amides is 1. The van der Waals surface area contributed by atoms with Crippen LogP contribution in [0.1, 0.15) is 12.5 Å². The zero-order valence-electron chi connectivity index (χ0n) is 12.8. The molecular formula is C16H19FN4O2. The molecule has 0 radical (unpaired) electrons. The number of hydrogen-bond acceptors (Lipinski definition) is 5. The molecule has 6 nitrogen and oxygen atoms in total. The van der Waals surface area contributed by atoms with Gasteiger partial charge in [0.2, 0.25) is 0 Å². The summed E-state index contributed by atoms with van der Waals surface area (Å²) in [7, 11) is 0. The minimum atomic E-state index is -0.571. The Balaban J connectivity index is 1.87. The van der Waals surface area contributed by atoms with Crippen LogP contribution in [0.15, 0.2) is 36.4 Å². The van der Waals surface area contributed by atoms with E-state index >= 15 is 0 Å². The molecule has 2 aromatic rings. The average Bonchev–Trinajstić information content (AvgIpc) is 2.52. The molecule has 0 saturated heterocycles. The van der Waals surface area contributed by atoms with Crippen molar-refractivity contribution in [3.63, 3.8) is 0 Å². The van der Waals surface area contributed by atoms with Crippen molar-refractivity contribution in [1.29, 1.82) is 0 Å². The highest BCUT2D eigenvalue weighted by molar-refractivity contribution is 5.88. The fraction of sp³-hybridized carbons (Fsp3) is 0.250. The molecule has 4 N–H and O–H groups in total. The van der Waals surface area contributed by atoms with Gasteiger partial charge in [-0.3, -0.25) is 5.32 Å². The second kappa shape index (κ2) is 7.98. The molecular weight excluding hydrogens is 299 g/mol. The van der Waals surface area contributed by atoms with E-state index in [1.807, 2.05) is 0 Å². The van der Waals surface area contributed by atoms with Crippen LogP contribution in [-0.4, -0.2) is 24.2 Å². The lowest BCUT2D eigenvalue weighted by molar-refractivity contribution is 0.168. The molecule has 0 spiro atoms. The number of benzene rings is 1. The van der Waals surface area contributed by atoms with E-state index in [-0.39, 0.29) is 18.2 Å². The van der Waals surface area contributed by atoms with Crippen molar-refractivity contribution in [3.8, 4) is 0 Å². The first-order chi connectivity index (χ1) is 11.1. The first kappa shape index (κ1) is 16.5. The SMILES string of the molecule is CCOC(=O)Nc1ccc(NCCc2ccc(F)cc2)nc1N. The Bertz CT molecular complexity index is 662. The van der Waals surface area contributed by atoms with E-state index in [4.69, 9.17) is 10.5 Å². The Morgan fingerprint density at radius 3 is 2.65 bits per heavy atom. The second-order valence-electron chi connectivity index (χ2n) is 4.78. The number of nitrogens with two attached hydrogens (primary N) is 1. The fourth-order valence-electron chi connectivity index (χ4n) is 1.94. The van der Waals surface area contributed by atoms with Crippen LogP contribution >= 0.6 is 0 Å². The number of aromatic nitrogens is 1. The lowest BCUT2D eigenvalue weighted by Crippen LogP contribution is -2.15. The summed E-state index contributed by atoms with van der Waals surface area (Å²) in [6.45, 7) is 2.63. The van der Waals surface area contributed by atoms with E-state index in [1.54, 1.807) is 31.2 Å². The highest BCUT2D eigenvalue weighted by Gasteiger charge is 2.07. The van der Waals surface area contributed by atoms with Gasteiger partial charge in [0, 0.05) is 6.54 Å². The largest absolute Gasteiger partial charge is 0.450 e. The summed E-state index contributed by atoms with van der Waals surface area (Å²) in [4.78, 5) is 15.5. The number of nitrogen functional groups attached to an aromatic ring is 1. The van der Waals surface area contributed by atoms with Crippen molar-refractivity contribution in [1.82, 2.24) is 4.98 Å². The topological polar surface area (TPSA) is 89.3 Å². The van der Waals surface area contributed by atoms with E-state index in [2.05, 4.69) is 15.6 Å². The molecule has 122 valence electrons. The van der Waals surface area contributed by atoms with E-state index in [0.29, 0.717) is 18.1 Å². The maximum absolute atomic E-state index is 12.8. The molecule has 1 aromatic heterocycles. The number of halogens is 1. The molecule has 0 aliphatic carbocycles. The van der Waals surface area contributed by atoms with Crippen LogP contribution in [0, 0.1) is 5.82 Å². The third-order valence-electron chi connectivity index (χ3n) is 3.07. The van der Waals surface area contributed by atoms with Gasteiger partial charge in [-0.1, -0.05) is 12.1 Å². The fourth-order valence-corrected chi connectivity index (χ4v) is 1.94. The lowest BCUT2D eigenvalue weighted by atomic mass is 10.1. The van der Waals surface area contributed by atoms with Crippen LogP contribution in [0.25, 0.3) is 0 Å². The minimum absolute atomic E-state index is 0.199. The van der Waals surface area contributed by atoms with E-state index in [9.17, 15) is 9.18 Å². The van der Waals surface area contributed by atoms with Crippen molar-refractivity contribution in [2.75, 3.05) is 29.5 Å². The molecule has 0 aliphatic rings. The minimum Gasteiger partial charge on any atom is -0.450 e. The predicted molar refractivity (Wildman–Crippen MR) is 87.9 cm³/mol. The van der Waals surface area contributed by atoms with Gasteiger partial charge in [0.15, 0.2) is 0 Å². The predicted octanol–water partition coefficient (Wildman–Crippen LogP) is 3.03. The van der Waals surface area contributed by atoms with Crippen LogP contribution in [0.4, 0.5) is 26.5 Å². The molecule has 0 atom stereocenters. The number of anilines is 3. The van der Waals surface area contributed by atoms with Gasteiger partial charge >= 0.3 is 6.09 Å². The van der Waals surface area contributed by atoms with Crippen molar-refractivity contribution in [3.05, 3.63) is 47.8 Å². The summed E-state index contributed by atoms with van der Waals surface area (Å²) in [6, 6.07) is 9.71. The summed E-state index contributed by atoms with van der Waals surface area (Å²) >= 11 is 0. The van der Waals surface area contributed by atoms with Gasteiger partial charge in [0.25, 0.3) is 0 Å². The highest BCUT2D eigenvalue weighted by Crippen LogP contribution is 2.18. The van der Waals surface area contributed by atoms with Crippen molar-refractivity contribution < 1.29 is 13.9 Å². The van der Waals surface area contributed by atoms with E-state index in [1.165, 1.54) is 12.1 Å². The average molecular weight is 318 g/mol. The van der Waals surface area contributed by atoms with Gasteiger partial charge in [-0.15, -0.1) is 0 Å². The zero-order chi connectivity index (χ0) is 16.7. The smallest absolute Gasteiger partial charge is 0.411 e. The van der Waals surface area contributed by atoms with Gasteiger partial charge in [-0.2, -0.15) is 0 Å². The van der Waals surface area contributed by atoms with E-state index in [0.717, 1.165) is 12.0 Å². The second-order valence-corrected chi connectivity index (χ2v) is 4.78. The summed E-state index contributed by atoms with van der Waals surface area (Å²) in [5.74, 6) is 0.546. The Morgan fingerprint density at radius 1 is 1.26 bits per heavy atom. The first-order valence-electron chi connectivity index (χ1n) is 7.27. The maximum Gasteiger partial charge on any atom is 0.411 e. The van der Waals surface area contributed by atoms with Crippen molar-refractivity contribution in [2.45, 2.75) is 13.3 Å². The van der Waals surface area contributed by atoms with Gasteiger partial charge in [0.05, 0.1) is 12.3 Å². The van der Waals surface area contributed by atoms with Crippen LogP contribution < -0.4 is 16.4 Å². The van der Waals surface area contributed by atoms with Crippen LogP contribution in [-0.2, 0) is 11.2 Å². The molecule has 23 heavy (non-hydrogen) atoms. The Kier molecular flexibility index (Phi) is 5.74. The third-order valence-corrected chi connectivity index (χ3v) is 3.07. The number of carbonyl (C=O) groups is 1. The standard InChI is InChI=1S/C16H19FN4O2/c1-2-23-16(22)20-13-7-8-14(21-15(13)18)19-10-9-11-3-5-12(17)6-4-11/h3-8H,2,9-10H2,1H3,(H,20,22)(H3,18,19,21). The number of rotatable bonds is 6. The van der Waals surface area contributed by atoms with Gasteiger partial charge in [0.1, 0.15) is 17.5 Å². The zero-order valence-corrected chi connectivity index (χ0v) is 12.8. The summed E-state index contributed by atoms with van der Waals surface area (Å²) in [5, 5.41) is 5.64. The molecule has 7 heteroatoms. The molecule has 0 unspecified atom stereocenters. The van der Waals surface area contributed by atoms with Crippen molar-refractivity contribution >= 4 is 23.4 Å². The molecule has 1 amide bonds. The number of pyridine rings is 1. The summed E-state index contributed by atoms with van der Waals surface area (Å²) in [5.41, 5.74) is 7.22. The molecule has 1 heterocycles. The van der Waals surface area contributed by atoms with Crippen molar-refractivity contribution in [2.24, 2.45) is 0 Å². The normalized spacial score (nSPS) is 10.2. The Labute approximate surface area is 133 Å². The number of carbonyl (C=O) groups excluding carboxylic acids is 1. The summed E-state index contributed by atoms with van der Waals surface area (Å²) in [6.07, 6.45) is 0.156. The first-order valence-corrected chi connectivity index (χ1v) is 7.27. The van der Waals surface area contributed by atoms with E-state index < -0.39 is 6.09 Å². The van der Waals surface area contributed by atoms with Gasteiger partial charge in [-0.25, -0.2) is 14.2 Å². The number of hydrogen-bond donors (Lipinski definition) is 3. The van der Waals surface area contributed by atoms with Crippen LogP contribution in [0.3, 0.4) is 0 Å². The quantitative estimate of drug-likeness (QED) is 0.762. The summed E-state index contributed by atoms with van der Waals surface area (Å²) < 4.78 is 17.6. The molecule has 0 saturated carbocycles. The van der Waals surface area contributed by atoms with Crippen LogP contribution in [0.5, 0.6) is 0 Å². The Hall–Kier alpha value is -2.83. The number of nitrogens with one attached hydrogen (secondary N) is 2. The van der Waals surface area contributed by atoms with Gasteiger partial charge in [-0.05, 0) is 43.2 Å². The number of ether oxygens (including phenoxy) is 1. The Morgan fingerprint density at radius 2 is 2.00 bits per heavy atom. The monoisotopic (exact) mass is 318 g/mol. The highest BCUT2D eigenvalue weighted by atomic mass is 19.1.